The lowest BCUT2D eigenvalue weighted by atomic mass is 10.1. The number of hydrogen-bond acceptors (Lipinski definition) is 5. The first kappa shape index (κ1) is 19.6. The minimum atomic E-state index is -3.59. The van der Waals surface area contributed by atoms with E-state index in [1.165, 1.54) is 4.90 Å². The molecule has 0 unspecified atom stereocenters. The summed E-state index contributed by atoms with van der Waals surface area (Å²) in [7, 11) is -3.59. The van der Waals surface area contributed by atoms with E-state index in [-0.39, 0.29) is 17.0 Å². The first-order valence-corrected chi connectivity index (χ1v) is 11.2. The highest BCUT2D eigenvalue weighted by Gasteiger charge is 2.34. The average molecular weight is 415 g/mol. The van der Waals surface area contributed by atoms with Crippen LogP contribution in [0.15, 0.2) is 63.9 Å². The van der Waals surface area contributed by atoms with E-state index >= 15 is 0 Å². The Morgan fingerprint density at radius 3 is 2.48 bits per heavy atom. The van der Waals surface area contributed by atoms with Gasteiger partial charge in [0.05, 0.1) is 31.7 Å². The molecule has 2 aliphatic rings. The van der Waals surface area contributed by atoms with E-state index in [4.69, 9.17) is 4.74 Å². The number of rotatable bonds is 4. The van der Waals surface area contributed by atoms with E-state index in [1.807, 2.05) is 42.2 Å². The molecule has 2 heterocycles. The van der Waals surface area contributed by atoms with Gasteiger partial charge >= 0.3 is 5.97 Å². The Morgan fingerprint density at radius 1 is 1.10 bits per heavy atom. The van der Waals surface area contributed by atoms with E-state index in [9.17, 15) is 13.2 Å². The number of benzene rings is 2. The molecule has 4 rings (SSSR count). The second kappa shape index (κ2) is 7.96. The summed E-state index contributed by atoms with van der Waals surface area (Å²) >= 11 is 0. The molecule has 152 valence electrons. The largest absolute Gasteiger partial charge is 0.453 e. The maximum absolute atomic E-state index is 12.3. The molecule has 0 spiro atoms. The fourth-order valence-corrected chi connectivity index (χ4v) is 5.06. The van der Waals surface area contributed by atoms with Crippen LogP contribution in [-0.2, 0) is 14.8 Å². The van der Waals surface area contributed by atoms with Crippen LogP contribution < -0.4 is 4.90 Å². The molecule has 0 saturated carbocycles. The Kier molecular flexibility index (Phi) is 5.38. The molecule has 7 nitrogen and oxygen atoms in total. The summed E-state index contributed by atoms with van der Waals surface area (Å²) in [5, 5.41) is 0. The number of carbonyl (C=O) groups is 1. The Labute approximate surface area is 170 Å². The maximum atomic E-state index is 12.3. The Morgan fingerprint density at radius 2 is 1.76 bits per heavy atom. The predicted molar refractivity (Wildman–Crippen MR) is 109 cm³/mol. The normalized spacial score (nSPS) is 19.3. The molecule has 1 fully saturated rings. The van der Waals surface area contributed by atoms with Gasteiger partial charge in [-0.25, -0.2) is 4.79 Å². The van der Waals surface area contributed by atoms with Crippen molar-refractivity contribution >= 4 is 21.8 Å². The van der Waals surface area contributed by atoms with Crippen molar-refractivity contribution in [1.29, 1.82) is 0 Å². The molecular weight excluding hydrogens is 390 g/mol. The van der Waals surface area contributed by atoms with Gasteiger partial charge in [-0.3, -0.25) is 0 Å². The summed E-state index contributed by atoms with van der Waals surface area (Å²) in [5.74, 6) is 0.237. The van der Waals surface area contributed by atoms with Gasteiger partial charge in [0.2, 0.25) is 0 Å². The predicted octanol–water partition coefficient (Wildman–Crippen LogP) is 0.582. The molecule has 0 aromatic heterocycles. The van der Waals surface area contributed by atoms with Gasteiger partial charge in [-0.2, -0.15) is 8.42 Å². The lowest BCUT2D eigenvalue weighted by Gasteiger charge is -2.34. The highest BCUT2D eigenvalue weighted by molar-refractivity contribution is 7.90. The number of nitrogens with zero attached hydrogens (tertiary/aromatic N) is 2. The van der Waals surface area contributed by atoms with Gasteiger partial charge in [0, 0.05) is 5.56 Å². The van der Waals surface area contributed by atoms with Gasteiger partial charge in [0.1, 0.15) is 17.5 Å². The van der Waals surface area contributed by atoms with E-state index in [0.717, 1.165) is 13.1 Å². The number of esters is 1. The van der Waals surface area contributed by atoms with Crippen molar-refractivity contribution in [2.75, 3.05) is 32.7 Å². The van der Waals surface area contributed by atoms with Crippen molar-refractivity contribution in [1.82, 2.24) is 4.90 Å². The van der Waals surface area contributed by atoms with Crippen LogP contribution in [0, 0.1) is 0 Å². The molecule has 0 amide bonds. The molecule has 2 aliphatic heterocycles. The molecule has 1 saturated heterocycles. The third kappa shape index (κ3) is 4.18. The SMILES string of the molecule is C[C@@H](C[NH+]1CCN(C2=NS(=O)(=O)c3ccccc32)CC1)OC(=O)c1ccccc1. The number of ether oxygens (including phenoxy) is 1. The zero-order valence-corrected chi connectivity index (χ0v) is 17.1. The molecule has 0 bridgehead atoms. The number of amidine groups is 1. The summed E-state index contributed by atoms with van der Waals surface area (Å²) < 4.78 is 34.1. The number of quaternary nitrogens is 1. The van der Waals surface area contributed by atoms with Gasteiger partial charge < -0.3 is 14.5 Å². The monoisotopic (exact) mass is 414 g/mol. The fraction of sp³-hybridized carbons (Fsp3) is 0.333. The quantitative estimate of drug-likeness (QED) is 0.741. The molecular formula is C21H24N3O4S+. The molecule has 0 radical (unpaired) electrons. The third-order valence-corrected chi connectivity index (χ3v) is 6.60. The topological polar surface area (TPSA) is 80.5 Å². The van der Waals surface area contributed by atoms with Crippen LogP contribution in [0.25, 0.3) is 0 Å². The fourth-order valence-electron chi connectivity index (χ4n) is 3.83. The smallest absolute Gasteiger partial charge is 0.338 e. The van der Waals surface area contributed by atoms with Gasteiger partial charge in [0.25, 0.3) is 10.0 Å². The van der Waals surface area contributed by atoms with Crippen LogP contribution in [0.3, 0.4) is 0 Å². The number of hydrogen-bond donors (Lipinski definition) is 1. The van der Waals surface area contributed by atoms with E-state index in [2.05, 4.69) is 4.40 Å². The van der Waals surface area contributed by atoms with Crippen LogP contribution in [0.2, 0.25) is 0 Å². The van der Waals surface area contributed by atoms with Crippen molar-refractivity contribution < 1.29 is 22.8 Å². The first-order valence-electron chi connectivity index (χ1n) is 9.73. The Balaban J connectivity index is 1.33. The molecule has 1 atom stereocenters. The lowest BCUT2D eigenvalue weighted by molar-refractivity contribution is -0.906. The highest BCUT2D eigenvalue weighted by Crippen LogP contribution is 2.27. The van der Waals surface area contributed by atoms with Crippen LogP contribution in [0.1, 0.15) is 22.8 Å². The number of fused-ring (bicyclic) bond motifs is 1. The second-order valence-electron chi connectivity index (χ2n) is 7.41. The van der Waals surface area contributed by atoms with Gasteiger partial charge in [0.15, 0.2) is 5.84 Å². The average Bonchev–Trinajstić information content (AvgIpc) is 3.00. The molecule has 2 aromatic rings. The zero-order valence-electron chi connectivity index (χ0n) is 16.2. The Hall–Kier alpha value is -2.71. The van der Waals surface area contributed by atoms with Crippen molar-refractivity contribution in [3.63, 3.8) is 0 Å². The third-order valence-electron chi connectivity index (χ3n) is 5.28. The van der Waals surface area contributed by atoms with Gasteiger partial charge in [-0.15, -0.1) is 4.40 Å². The molecule has 8 heteroatoms. The van der Waals surface area contributed by atoms with Gasteiger partial charge in [-0.1, -0.05) is 30.3 Å². The number of piperazine rings is 1. The minimum Gasteiger partial charge on any atom is -0.453 e. The van der Waals surface area contributed by atoms with Crippen LogP contribution >= 0.6 is 0 Å². The standard InChI is InChI=1S/C21H23N3O4S/c1-16(28-21(25)17-7-3-2-4-8-17)15-23-11-13-24(14-12-23)20-18-9-5-6-10-19(18)29(26,27)22-20/h2-10,16H,11-15H2,1H3/p+1/t16-/m0/s1. The summed E-state index contributed by atoms with van der Waals surface area (Å²) in [5.41, 5.74) is 1.24. The second-order valence-corrected chi connectivity index (χ2v) is 8.98. The van der Waals surface area contributed by atoms with Crippen LogP contribution in [0.5, 0.6) is 0 Å². The first-order chi connectivity index (χ1) is 13.9. The van der Waals surface area contributed by atoms with Crippen molar-refractivity contribution in [3.05, 3.63) is 65.7 Å². The van der Waals surface area contributed by atoms with Crippen molar-refractivity contribution in [2.24, 2.45) is 4.40 Å². The van der Waals surface area contributed by atoms with Crippen molar-refractivity contribution in [2.45, 2.75) is 17.9 Å². The summed E-state index contributed by atoms with van der Waals surface area (Å²) in [6.45, 7) is 5.69. The van der Waals surface area contributed by atoms with Gasteiger partial charge in [-0.05, 0) is 31.2 Å². The van der Waals surface area contributed by atoms with E-state index in [1.54, 1.807) is 24.3 Å². The van der Waals surface area contributed by atoms with Crippen LogP contribution in [-0.4, -0.2) is 64.0 Å². The maximum Gasteiger partial charge on any atom is 0.338 e. The molecule has 0 aliphatic carbocycles. The minimum absolute atomic E-state index is 0.200. The zero-order chi connectivity index (χ0) is 20.4. The summed E-state index contributed by atoms with van der Waals surface area (Å²) in [6, 6.07) is 15.9. The lowest BCUT2D eigenvalue weighted by Crippen LogP contribution is -3.15. The Bertz CT molecular complexity index is 1030. The van der Waals surface area contributed by atoms with E-state index in [0.29, 0.717) is 36.6 Å². The molecule has 29 heavy (non-hydrogen) atoms. The molecule has 2 aromatic carbocycles. The highest BCUT2D eigenvalue weighted by atomic mass is 32.2. The van der Waals surface area contributed by atoms with Crippen LogP contribution in [0.4, 0.5) is 0 Å². The van der Waals surface area contributed by atoms with Crippen molar-refractivity contribution in [3.8, 4) is 0 Å². The number of sulfonamides is 1. The molecule has 1 N–H and O–H groups in total. The summed E-state index contributed by atoms with van der Waals surface area (Å²) in [6.07, 6.45) is -0.200. The number of nitrogens with one attached hydrogen (secondary N) is 1. The summed E-state index contributed by atoms with van der Waals surface area (Å²) in [4.78, 5) is 15.8. The van der Waals surface area contributed by atoms with E-state index < -0.39 is 10.0 Å². The number of carbonyl (C=O) groups excluding carboxylic acids is 1.